The predicted molar refractivity (Wildman–Crippen MR) is 104 cm³/mol. The molecule has 0 fully saturated rings. The molecule has 0 spiro atoms. The first-order valence-electron chi connectivity index (χ1n) is 7.26. The first-order valence-corrected chi connectivity index (χ1v) is 10.3. The Balaban J connectivity index is 2.13. The summed E-state index contributed by atoms with van der Waals surface area (Å²) in [5, 5.41) is 2.84. The summed E-state index contributed by atoms with van der Waals surface area (Å²) in [4.78, 5) is 1.18. The Morgan fingerprint density at radius 3 is 2.12 bits per heavy atom. The molecule has 2 aromatic rings. The Kier molecular flexibility index (Phi) is 4.83. The first-order chi connectivity index (χ1) is 11.8. The predicted octanol–water partition coefficient (Wildman–Crippen LogP) is 3.25. The fourth-order valence-electron chi connectivity index (χ4n) is 2.46. The SMILES string of the molecule is CS(=O)(=O)c1ccc(C2=C(c3ccc(Cl)cc3)S/C(=C/N)N2N)cc1. The van der Waals surface area contributed by atoms with E-state index in [0.717, 1.165) is 21.7 Å². The Labute approximate surface area is 155 Å². The minimum atomic E-state index is -3.25. The van der Waals surface area contributed by atoms with Crippen LogP contribution in [0.15, 0.2) is 64.7 Å². The minimum absolute atomic E-state index is 0.258. The first kappa shape index (κ1) is 17.9. The smallest absolute Gasteiger partial charge is 0.175 e. The van der Waals surface area contributed by atoms with Crippen molar-refractivity contribution in [3.05, 3.63) is 75.9 Å². The number of thioether (sulfide) groups is 1. The van der Waals surface area contributed by atoms with Crippen LogP contribution in [0, 0.1) is 0 Å². The lowest BCUT2D eigenvalue weighted by atomic mass is 10.1. The van der Waals surface area contributed by atoms with Gasteiger partial charge in [-0.2, -0.15) is 0 Å². The zero-order valence-electron chi connectivity index (χ0n) is 13.3. The molecule has 1 aliphatic rings. The fraction of sp³-hybridized carbons (Fsp3) is 0.0588. The fourth-order valence-corrected chi connectivity index (χ4v) is 4.25. The van der Waals surface area contributed by atoms with Gasteiger partial charge < -0.3 is 5.73 Å². The molecule has 0 amide bonds. The van der Waals surface area contributed by atoms with Gasteiger partial charge in [0.2, 0.25) is 0 Å². The Hall–Kier alpha value is -1.93. The second-order valence-corrected chi connectivity index (χ2v) is 8.94. The van der Waals surface area contributed by atoms with E-state index in [2.05, 4.69) is 0 Å². The number of hydrogen-bond donors (Lipinski definition) is 2. The summed E-state index contributed by atoms with van der Waals surface area (Å²) in [7, 11) is -3.25. The van der Waals surface area contributed by atoms with Gasteiger partial charge in [-0.3, -0.25) is 5.01 Å². The van der Waals surface area contributed by atoms with E-state index in [0.29, 0.717) is 10.1 Å². The van der Waals surface area contributed by atoms with E-state index in [4.69, 9.17) is 23.2 Å². The normalized spacial score (nSPS) is 16.8. The number of nitrogens with two attached hydrogens (primary N) is 2. The maximum atomic E-state index is 11.7. The van der Waals surface area contributed by atoms with Gasteiger partial charge in [-0.15, -0.1) is 0 Å². The number of sulfone groups is 1. The van der Waals surface area contributed by atoms with E-state index in [-0.39, 0.29) is 4.90 Å². The third-order valence-corrected chi connectivity index (χ3v) is 6.26. The largest absolute Gasteiger partial charge is 0.402 e. The topological polar surface area (TPSA) is 89.4 Å². The molecule has 0 aromatic heterocycles. The van der Waals surface area contributed by atoms with E-state index in [1.54, 1.807) is 36.4 Å². The molecule has 0 radical (unpaired) electrons. The maximum Gasteiger partial charge on any atom is 0.175 e. The molecule has 2 aromatic carbocycles. The average Bonchev–Trinajstić information content (AvgIpc) is 2.91. The third-order valence-electron chi connectivity index (χ3n) is 3.70. The Morgan fingerprint density at radius 2 is 1.60 bits per heavy atom. The molecular weight excluding hydrogens is 378 g/mol. The van der Waals surface area contributed by atoms with Crippen LogP contribution in [0.5, 0.6) is 0 Å². The highest BCUT2D eigenvalue weighted by Gasteiger charge is 2.28. The van der Waals surface area contributed by atoms with E-state index in [1.165, 1.54) is 29.2 Å². The summed E-state index contributed by atoms with van der Waals surface area (Å²) in [6.45, 7) is 0. The van der Waals surface area contributed by atoms with Gasteiger partial charge in [0, 0.05) is 27.9 Å². The summed E-state index contributed by atoms with van der Waals surface area (Å²) in [5.74, 6) is 6.21. The number of benzene rings is 2. The van der Waals surface area contributed by atoms with Crippen molar-refractivity contribution in [2.45, 2.75) is 4.90 Å². The number of halogens is 1. The highest BCUT2D eigenvalue weighted by atomic mass is 35.5. The van der Waals surface area contributed by atoms with Gasteiger partial charge in [0.05, 0.1) is 10.6 Å². The van der Waals surface area contributed by atoms with Crippen molar-refractivity contribution >= 4 is 43.8 Å². The maximum absolute atomic E-state index is 11.7. The van der Waals surface area contributed by atoms with Crippen molar-refractivity contribution in [3.8, 4) is 0 Å². The summed E-state index contributed by atoms with van der Waals surface area (Å²) >= 11 is 7.42. The van der Waals surface area contributed by atoms with Crippen LogP contribution in [0.2, 0.25) is 5.02 Å². The monoisotopic (exact) mass is 393 g/mol. The Morgan fingerprint density at radius 1 is 1.04 bits per heavy atom. The molecule has 0 atom stereocenters. The van der Waals surface area contributed by atoms with Crippen molar-refractivity contribution in [2.24, 2.45) is 11.6 Å². The molecule has 1 aliphatic heterocycles. The molecule has 5 nitrogen and oxygen atoms in total. The molecule has 130 valence electrons. The summed E-state index contributed by atoms with van der Waals surface area (Å²) in [6.07, 6.45) is 2.62. The summed E-state index contributed by atoms with van der Waals surface area (Å²) in [6, 6.07) is 14.0. The number of hydrazine groups is 1. The zero-order valence-corrected chi connectivity index (χ0v) is 15.7. The zero-order chi connectivity index (χ0) is 18.2. The summed E-state index contributed by atoms with van der Waals surface area (Å²) in [5.41, 5.74) is 8.18. The van der Waals surface area contributed by atoms with Gasteiger partial charge in [-0.05, 0) is 29.8 Å². The Bertz CT molecular complexity index is 966. The van der Waals surface area contributed by atoms with E-state index >= 15 is 0 Å². The standard InChI is InChI=1S/C17H16ClN3O2S2/c1-25(22,23)14-8-4-11(5-9-14)16-17(24-15(10-19)21(16)20)12-2-6-13(18)7-3-12/h2-10H,19-20H2,1H3/b15-10+. The molecule has 0 saturated heterocycles. The minimum Gasteiger partial charge on any atom is -0.402 e. The van der Waals surface area contributed by atoms with Gasteiger partial charge >= 0.3 is 0 Å². The quantitative estimate of drug-likeness (QED) is 0.778. The van der Waals surface area contributed by atoms with Crippen molar-refractivity contribution in [3.63, 3.8) is 0 Å². The summed E-state index contributed by atoms with van der Waals surface area (Å²) < 4.78 is 23.3. The van der Waals surface area contributed by atoms with Crippen LogP contribution in [0.4, 0.5) is 0 Å². The highest BCUT2D eigenvalue weighted by Crippen LogP contribution is 2.48. The van der Waals surface area contributed by atoms with Crippen LogP contribution in [0.3, 0.4) is 0 Å². The van der Waals surface area contributed by atoms with Crippen molar-refractivity contribution in [2.75, 3.05) is 6.26 Å². The number of rotatable bonds is 3. The van der Waals surface area contributed by atoms with Gasteiger partial charge in [0.25, 0.3) is 0 Å². The van der Waals surface area contributed by atoms with Gasteiger partial charge in [0.15, 0.2) is 9.84 Å². The molecule has 0 bridgehead atoms. The van der Waals surface area contributed by atoms with Crippen LogP contribution in [0.25, 0.3) is 10.6 Å². The van der Waals surface area contributed by atoms with E-state index in [1.807, 2.05) is 12.1 Å². The molecule has 0 aliphatic carbocycles. The number of nitrogens with zero attached hydrogens (tertiary/aromatic N) is 1. The third kappa shape index (κ3) is 3.55. The lowest BCUT2D eigenvalue weighted by Gasteiger charge is -2.17. The van der Waals surface area contributed by atoms with Crippen LogP contribution >= 0.6 is 23.4 Å². The van der Waals surface area contributed by atoms with Crippen LogP contribution in [0.1, 0.15) is 11.1 Å². The van der Waals surface area contributed by atoms with Gasteiger partial charge in [-0.25, -0.2) is 14.3 Å². The molecule has 3 rings (SSSR count). The lowest BCUT2D eigenvalue weighted by Crippen LogP contribution is -2.25. The van der Waals surface area contributed by atoms with Gasteiger partial charge in [0.1, 0.15) is 5.03 Å². The lowest BCUT2D eigenvalue weighted by molar-refractivity contribution is 0.560. The molecule has 0 saturated carbocycles. The molecule has 0 unspecified atom stereocenters. The van der Waals surface area contributed by atoms with Crippen LogP contribution in [-0.2, 0) is 9.84 Å². The molecule has 1 heterocycles. The second kappa shape index (κ2) is 6.76. The van der Waals surface area contributed by atoms with Gasteiger partial charge in [-0.1, -0.05) is 47.6 Å². The van der Waals surface area contributed by atoms with Crippen LogP contribution < -0.4 is 11.6 Å². The van der Waals surface area contributed by atoms with Crippen molar-refractivity contribution in [1.29, 1.82) is 0 Å². The van der Waals surface area contributed by atoms with E-state index < -0.39 is 9.84 Å². The molecule has 25 heavy (non-hydrogen) atoms. The molecule has 8 heteroatoms. The van der Waals surface area contributed by atoms with Crippen molar-refractivity contribution < 1.29 is 8.42 Å². The molecule has 4 N–H and O–H groups in total. The van der Waals surface area contributed by atoms with Crippen LogP contribution in [-0.4, -0.2) is 19.7 Å². The highest BCUT2D eigenvalue weighted by molar-refractivity contribution is 8.12. The second-order valence-electron chi connectivity index (χ2n) is 5.46. The number of hydrogen-bond acceptors (Lipinski definition) is 6. The molecular formula is C17H16ClN3O2S2. The van der Waals surface area contributed by atoms with E-state index in [9.17, 15) is 8.42 Å². The van der Waals surface area contributed by atoms with Crippen molar-refractivity contribution in [1.82, 2.24) is 5.01 Å². The average molecular weight is 394 g/mol.